The molecule has 170 valence electrons. The quantitative estimate of drug-likeness (QED) is 0.504. The molecule has 0 saturated carbocycles. The molecule has 2 heterocycles. The van der Waals surface area contributed by atoms with Gasteiger partial charge in [0.15, 0.2) is 0 Å². The molecule has 0 amide bonds. The van der Waals surface area contributed by atoms with Crippen LogP contribution in [-0.4, -0.2) is 40.7 Å². The second kappa shape index (κ2) is 9.31. The van der Waals surface area contributed by atoms with Crippen LogP contribution in [0.4, 0.5) is 11.4 Å². The lowest BCUT2D eigenvalue weighted by Gasteiger charge is -2.38. The first-order valence-electron chi connectivity index (χ1n) is 10.3. The van der Waals surface area contributed by atoms with Gasteiger partial charge < -0.3 is 15.0 Å². The number of nitrogens with zero attached hydrogens (tertiary/aromatic N) is 1. The molecule has 1 aliphatic rings. The molecule has 9 heteroatoms. The van der Waals surface area contributed by atoms with E-state index in [1.54, 1.807) is 29.5 Å². The maximum atomic E-state index is 13.2. The molecule has 1 saturated heterocycles. The lowest BCUT2D eigenvalue weighted by molar-refractivity contribution is 0.406. The summed E-state index contributed by atoms with van der Waals surface area (Å²) in [4.78, 5) is 2.26. The Hall–Kier alpha value is -2.26. The van der Waals surface area contributed by atoms with E-state index in [9.17, 15) is 8.42 Å². The molecule has 2 unspecified atom stereocenters. The van der Waals surface area contributed by atoms with Crippen molar-refractivity contribution < 1.29 is 13.2 Å². The predicted octanol–water partition coefficient (Wildman–Crippen LogP) is 5.06. The highest BCUT2D eigenvalue weighted by molar-refractivity contribution is 7.92. The number of sulfonamides is 1. The lowest BCUT2D eigenvalue weighted by Crippen LogP contribution is -2.54. The molecule has 3 aromatic rings. The number of thiophene rings is 1. The third-order valence-electron chi connectivity index (χ3n) is 5.43. The predicted molar refractivity (Wildman–Crippen MR) is 133 cm³/mol. The number of rotatable bonds is 6. The van der Waals surface area contributed by atoms with E-state index in [2.05, 4.69) is 28.8 Å². The van der Waals surface area contributed by atoms with E-state index >= 15 is 0 Å². The van der Waals surface area contributed by atoms with Gasteiger partial charge in [-0.25, -0.2) is 8.42 Å². The molecule has 4 rings (SSSR count). The minimum Gasteiger partial charge on any atom is -0.495 e. The number of halogens is 1. The van der Waals surface area contributed by atoms with E-state index in [1.807, 2.05) is 29.0 Å². The van der Waals surface area contributed by atoms with E-state index in [1.165, 1.54) is 13.2 Å². The first-order valence-corrected chi connectivity index (χ1v) is 13.1. The van der Waals surface area contributed by atoms with Gasteiger partial charge in [0.25, 0.3) is 10.0 Å². The summed E-state index contributed by atoms with van der Waals surface area (Å²) in [7, 11) is -2.40. The van der Waals surface area contributed by atoms with Crippen molar-refractivity contribution in [3.63, 3.8) is 0 Å². The van der Waals surface area contributed by atoms with E-state index in [-0.39, 0.29) is 9.92 Å². The number of anilines is 2. The molecule has 0 aliphatic carbocycles. The Morgan fingerprint density at radius 1 is 1.09 bits per heavy atom. The minimum absolute atomic E-state index is 0.0232. The summed E-state index contributed by atoms with van der Waals surface area (Å²) in [5.74, 6) is 0.444. The average molecular weight is 492 g/mol. The van der Waals surface area contributed by atoms with Gasteiger partial charge in [-0.2, -0.15) is 11.3 Å². The first-order chi connectivity index (χ1) is 15.3. The Balaban J connectivity index is 1.64. The third-order valence-corrected chi connectivity index (χ3v) is 7.96. The third kappa shape index (κ3) is 4.88. The minimum atomic E-state index is -3.92. The summed E-state index contributed by atoms with van der Waals surface area (Å²) in [6.07, 6.45) is 0. The average Bonchev–Trinajstić information content (AvgIpc) is 3.27. The molecule has 2 aromatic carbocycles. The van der Waals surface area contributed by atoms with Crippen LogP contribution < -0.4 is 19.7 Å². The Bertz CT molecular complexity index is 1190. The molecule has 2 atom stereocenters. The standard InChI is InChI=1S/C23H26ClN3O3S2/c1-15-12-27(13-16(2)25-15)19-5-6-22(30-3)21(11-19)26-32(28,29)23-7-4-17(10-20(23)24)18-8-9-31-14-18/h4-11,14-16,25-26H,12-13H2,1-3H3. The second-order valence-corrected chi connectivity index (χ2v) is 10.9. The van der Waals surface area contributed by atoms with E-state index in [0.717, 1.165) is 29.9 Å². The van der Waals surface area contributed by atoms with Gasteiger partial charge in [-0.3, -0.25) is 4.72 Å². The molecule has 2 N–H and O–H groups in total. The van der Waals surface area contributed by atoms with Gasteiger partial charge in [0, 0.05) is 30.9 Å². The zero-order valence-electron chi connectivity index (χ0n) is 18.1. The van der Waals surface area contributed by atoms with Crippen LogP contribution in [0.2, 0.25) is 5.02 Å². The van der Waals surface area contributed by atoms with Crippen LogP contribution in [-0.2, 0) is 10.0 Å². The van der Waals surface area contributed by atoms with Crippen molar-refractivity contribution >= 4 is 44.3 Å². The number of hydrogen-bond donors (Lipinski definition) is 2. The Labute approximate surface area is 198 Å². The normalized spacial score (nSPS) is 19.1. The molecule has 32 heavy (non-hydrogen) atoms. The fourth-order valence-electron chi connectivity index (χ4n) is 4.04. The van der Waals surface area contributed by atoms with Crippen molar-refractivity contribution in [3.05, 3.63) is 58.2 Å². The van der Waals surface area contributed by atoms with Crippen LogP contribution >= 0.6 is 22.9 Å². The van der Waals surface area contributed by atoms with Crippen LogP contribution in [0.15, 0.2) is 58.1 Å². The zero-order chi connectivity index (χ0) is 22.9. The smallest absolute Gasteiger partial charge is 0.263 e. The van der Waals surface area contributed by atoms with Gasteiger partial charge >= 0.3 is 0 Å². The van der Waals surface area contributed by atoms with Crippen molar-refractivity contribution in [3.8, 4) is 16.9 Å². The van der Waals surface area contributed by atoms with E-state index < -0.39 is 10.0 Å². The summed E-state index contributed by atoms with van der Waals surface area (Å²) in [6.45, 7) is 5.94. The largest absolute Gasteiger partial charge is 0.495 e. The number of hydrogen-bond acceptors (Lipinski definition) is 6. The fourth-order valence-corrected chi connectivity index (χ4v) is 6.31. The molecule has 1 fully saturated rings. The number of methoxy groups -OCH3 is 1. The Morgan fingerprint density at radius 3 is 2.47 bits per heavy atom. The Morgan fingerprint density at radius 2 is 1.84 bits per heavy atom. The monoisotopic (exact) mass is 491 g/mol. The maximum Gasteiger partial charge on any atom is 0.263 e. The molecule has 0 spiro atoms. The summed E-state index contributed by atoms with van der Waals surface area (Å²) in [5.41, 5.74) is 3.18. The van der Waals surface area contributed by atoms with Gasteiger partial charge in [-0.15, -0.1) is 0 Å². The van der Waals surface area contributed by atoms with Gasteiger partial charge in [-0.1, -0.05) is 17.7 Å². The SMILES string of the molecule is COc1ccc(N2CC(C)NC(C)C2)cc1NS(=O)(=O)c1ccc(-c2ccsc2)cc1Cl. The highest BCUT2D eigenvalue weighted by atomic mass is 35.5. The number of ether oxygens (including phenoxy) is 1. The van der Waals surface area contributed by atoms with Crippen LogP contribution in [0.25, 0.3) is 11.1 Å². The molecular weight excluding hydrogens is 466 g/mol. The van der Waals surface area contributed by atoms with Crippen LogP contribution in [0.3, 0.4) is 0 Å². The molecule has 0 radical (unpaired) electrons. The van der Waals surface area contributed by atoms with E-state index in [4.69, 9.17) is 16.3 Å². The van der Waals surface area contributed by atoms with Crippen molar-refractivity contribution in [2.75, 3.05) is 29.8 Å². The molecule has 1 aliphatic heterocycles. The summed E-state index contributed by atoms with van der Waals surface area (Å²) < 4.78 is 34.5. The molecular formula is C23H26ClN3O3S2. The number of benzene rings is 2. The topological polar surface area (TPSA) is 70.7 Å². The summed E-state index contributed by atoms with van der Waals surface area (Å²) in [5, 5.41) is 7.63. The van der Waals surface area contributed by atoms with Gasteiger partial charge in [0.05, 0.1) is 17.8 Å². The summed E-state index contributed by atoms with van der Waals surface area (Å²) in [6, 6.07) is 13.2. The number of piperazine rings is 1. The Kier molecular flexibility index (Phi) is 6.67. The van der Waals surface area contributed by atoms with Crippen LogP contribution in [0, 0.1) is 0 Å². The van der Waals surface area contributed by atoms with Crippen molar-refractivity contribution in [2.45, 2.75) is 30.8 Å². The fraction of sp³-hybridized carbons (Fsp3) is 0.304. The highest BCUT2D eigenvalue weighted by Gasteiger charge is 2.24. The van der Waals surface area contributed by atoms with Crippen molar-refractivity contribution in [1.29, 1.82) is 0 Å². The summed E-state index contributed by atoms with van der Waals surface area (Å²) >= 11 is 7.97. The van der Waals surface area contributed by atoms with Crippen LogP contribution in [0.1, 0.15) is 13.8 Å². The zero-order valence-corrected chi connectivity index (χ0v) is 20.5. The maximum absolute atomic E-state index is 13.2. The van der Waals surface area contributed by atoms with Gasteiger partial charge in [0.1, 0.15) is 10.6 Å². The molecule has 0 bridgehead atoms. The lowest BCUT2D eigenvalue weighted by atomic mass is 10.1. The second-order valence-electron chi connectivity index (χ2n) is 8.02. The van der Waals surface area contributed by atoms with Crippen molar-refractivity contribution in [2.24, 2.45) is 0 Å². The van der Waals surface area contributed by atoms with Crippen molar-refractivity contribution in [1.82, 2.24) is 5.32 Å². The van der Waals surface area contributed by atoms with Gasteiger partial charge in [0.2, 0.25) is 0 Å². The first kappa shape index (κ1) is 22.9. The van der Waals surface area contributed by atoms with Crippen LogP contribution in [0.5, 0.6) is 5.75 Å². The highest BCUT2D eigenvalue weighted by Crippen LogP contribution is 2.34. The number of nitrogens with one attached hydrogen (secondary N) is 2. The molecule has 6 nitrogen and oxygen atoms in total. The molecule has 1 aromatic heterocycles. The van der Waals surface area contributed by atoms with Gasteiger partial charge in [-0.05, 0) is 72.1 Å². The van der Waals surface area contributed by atoms with E-state index in [0.29, 0.717) is 23.5 Å².